The predicted octanol–water partition coefficient (Wildman–Crippen LogP) is 5.58. The van der Waals surface area contributed by atoms with E-state index in [1.807, 2.05) is 24.3 Å². The van der Waals surface area contributed by atoms with Crippen molar-refractivity contribution in [3.63, 3.8) is 0 Å². The smallest absolute Gasteiger partial charge is 0.289 e. The van der Waals surface area contributed by atoms with Gasteiger partial charge in [0.1, 0.15) is 6.20 Å². The van der Waals surface area contributed by atoms with E-state index in [2.05, 4.69) is 38.5 Å². The minimum Gasteiger partial charge on any atom is -0.323 e. The first kappa shape index (κ1) is 18.8. The van der Waals surface area contributed by atoms with Crippen LogP contribution in [-0.4, -0.2) is 19.9 Å². The summed E-state index contributed by atoms with van der Waals surface area (Å²) < 4.78 is 0. The van der Waals surface area contributed by atoms with E-state index in [-0.39, 0.29) is 11.6 Å². The number of benzene rings is 1. The molecule has 0 radical (unpaired) electrons. The molecule has 0 atom stereocenters. The molecular formula is C21H16ClN5O2. The number of allylic oxidation sites excluding steroid dienone is 4. The molecule has 2 aromatic heterocycles. The first-order valence-electron chi connectivity index (χ1n) is 8.97. The van der Waals surface area contributed by atoms with Crippen molar-refractivity contribution in [1.82, 2.24) is 15.0 Å². The molecule has 144 valence electrons. The minimum absolute atomic E-state index is 0.120. The number of anilines is 2. The van der Waals surface area contributed by atoms with Crippen molar-refractivity contribution < 1.29 is 4.92 Å². The molecule has 7 nitrogen and oxygen atoms in total. The van der Waals surface area contributed by atoms with Crippen LogP contribution in [0.25, 0.3) is 16.8 Å². The zero-order valence-electron chi connectivity index (χ0n) is 15.2. The molecule has 0 bridgehead atoms. The third kappa shape index (κ3) is 4.30. The molecule has 1 N–H and O–H groups in total. The third-order valence-corrected chi connectivity index (χ3v) is 4.68. The van der Waals surface area contributed by atoms with Gasteiger partial charge in [-0.05, 0) is 30.0 Å². The van der Waals surface area contributed by atoms with Gasteiger partial charge in [-0.3, -0.25) is 15.1 Å². The van der Waals surface area contributed by atoms with Crippen molar-refractivity contribution in [2.75, 3.05) is 5.32 Å². The molecule has 0 amide bonds. The Balaban J connectivity index is 1.66. The lowest BCUT2D eigenvalue weighted by molar-refractivity contribution is -0.385. The third-order valence-electron chi connectivity index (χ3n) is 4.40. The molecule has 29 heavy (non-hydrogen) atoms. The van der Waals surface area contributed by atoms with Crippen LogP contribution in [0.1, 0.15) is 18.4 Å². The van der Waals surface area contributed by atoms with E-state index in [0.29, 0.717) is 16.4 Å². The largest absolute Gasteiger partial charge is 0.323 e. The van der Waals surface area contributed by atoms with Gasteiger partial charge >= 0.3 is 0 Å². The molecule has 2 heterocycles. The molecule has 0 unspecified atom stereocenters. The molecule has 0 aliphatic heterocycles. The van der Waals surface area contributed by atoms with Crippen LogP contribution in [0.2, 0.25) is 5.02 Å². The quantitative estimate of drug-likeness (QED) is 0.440. The lowest BCUT2D eigenvalue weighted by atomic mass is 9.97. The van der Waals surface area contributed by atoms with Crippen LogP contribution in [0.4, 0.5) is 17.3 Å². The van der Waals surface area contributed by atoms with Gasteiger partial charge in [-0.25, -0.2) is 9.97 Å². The highest BCUT2D eigenvalue weighted by Gasteiger charge is 2.12. The van der Waals surface area contributed by atoms with Gasteiger partial charge in [-0.1, -0.05) is 48.0 Å². The summed E-state index contributed by atoms with van der Waals surface area (Å²) in [5.41, 5.74) is 3.99. The van der Waals surface area contributed by atoms with Gasteiger partial charge in [0.05, 0.1) is 33.7 Å². The van der Waals surface area contributed by atoms with Gasteiger partial charge in [0, 0.05) is 11.6 Å². The van der Waals surface area contributed by atoms with Crippen LogP contribution in [-0.2, 0) is 0 Å². The Morgan fingerprint density at radius 3 is 2.76 bits per heavy atom. The number of halogens is 1. The normalized spacial score (nSPS) is 13.1. The number of nitrogens with zero attached hydrogens (tertiary/aromatic N) is 4. The number of aromatic nitrogens is 3. The number of pyridine rings is 1. The number of nitrogens with one attached hydrogen (secondary N) is 1. The Kier molecular flexibility index (Phi) is 5.31. The summed E-state index contributed by atoms with van der Waals surface area (Å²) in [4.78, 5) is 23.0. The van der Waals surface area contributed by atoms with E-state index in [0.717, 1.165) is 24.0 Å². The van der Waals surface area contributed by atoms with Crippen molar-refractivity contribution in [3.05, 3.63) is 87.9 Å². The fourth-order valence-corrected chi connectivity index (χ4v) is 3.23. The van der Waals surface area contributed by atoms with Crippen LogP contribution in [0.3, 0.4) is 0 Å². The monoisotopic (exact) mass is 405 g/mol. The number of hydrogen-bond donors (Lipinski definition) is 1. The van der Waals surface area contributed by atoms with Crippen molar-refractivity contribution in [1.29, 1.82) is 0 Å². The summed E-state index contributed by atoms with van der Waals surface area (Å²) in [6.45, 7) is 0. The Hall–Kier alpha value is -3.58. The Morgan fingerprint density at radius 1 is 1.10 bits per heavy atom. The fraction of sp³-hybridized carbons (Fsp3) is 0.0952. The average Bonchev–Trinajstić information content (AvgIpc) is 2.76. The van der Waals surface area contributed by atoms with E-state index in [4.69, 9.17) is 11.6 Å². The maximum Gasteiger partial charge on any atom is 0.289 e. The maximum atomic E-state index is 10.9. The van der Waals surface area contributed by atoms with Gasteiger partial charge in [0.2, 0.25) is 5.95 Å². The Labute approximate surface area is 172 Å². The second-order valence-electron chi connectivity index (χ2n) is 6.42. The second-order valence-corrected chi connectivity index (χ2v) is 6.83. The fourth-order valence-electron chi connectivity index (χ4n) is 3.03. The summed E-state index contributed by atoms with van der Waals surface area (Å²) in [5, 5.41) is 14.3. The van der Waals surface area contributed by atoms with E-state index >= 15 is 0 Å². The lowest BCUT2D eigenvalue weighted by Crippen LogP contribution is -2.00. The molecule has 4 rings (SSSR count). The maximum absolute atomic E-state index is 10.9. The first-order chi connectivity index (χ1) is 14.1. The summed E-state index contributed by atoms with van der Waals surface area (Å²) in [7, 11) is 0. The molecule has 0 spiro atoms. The molecule has 1 aliphatic rings. The minimum atomic E-state index is -0.508. The second kappa shape index (κ2) is 8.20. The predicted molar refractivity (Wildman–Crippen MR) is 113 cm³/mol. The Morgan fingerprint density at radius 2 is 1.97 bits per heavy atom. The highest BCUT2D eigenvalue weighted by atomic mass is 35.5. The summed E-state index contributed by atoms with van der Waals surface area (Å²) >= 11 is 6.36. The van der Waals surface area contributed by atoms with Crippen LogP contribution in [0.5, 0.6) is 0 Å². The van der Waals surface area contributed by atoms with Crippen LogP contribution in [0.15, 0.2) is 67.2 Å². The zero-order valence-corrected chi connectivity index (χ0v) is 16.0. The average molecular weight is 406 g/mol. The molecule has 0 saturated heterocycles. The standard InChI is InChI=1S/C21H16ClN5O2/c22-19-13-24-21(25-17-10-18(27(28)29)12-23-11-17)26-20(19)16-8-4-7-15(9-16)14-5-2-1-3-6-14/h2,4-13H,1,3H2,(H,24,25,26). The number of rotatable bonds is 5. The van der Waals surface area contributed by atoms with Crippen molar-refractivity contribution in [3.8, 4) is 11.3 Å². The Bertz CT molecular complexity index is 1140. The summed E-state index contributed by atoms with van der Waals surface area (Å²) in [5.74, 6) is 0.272. The molecule has 3 aromatic rings. The topological polar surface area (TPSA) is 93.8 Å². The highest BCUT2D eigenvalue weighted by molar-refractivity contribution is 6.32. The molecular weight excluding hydrogens is 390 g/mol. The summed E-state index contributed by atoms with van der Waals surface area (Å²) in [6.07, 6.45) is 12.7. The van der Waals surface area contributed by atoms with E-state index < -0.39 is 4.92 Å². The van der Waals surface area contributed by atoms with Crippen molar-refractivity contribution in [2.24, 2.45) is 0 Å². The van der Waals surface area contributed by atoms with Gasteiger partial charge in [0.25, 0.3) is 5.69 Å². The molecule has 1 aromatic carbocycles. The van der Waals surface area contributed by atoms with E-state index in [9.17, 15) is 10.1 Å². The number of nitro groups is 1. The molecule has 8 heteroatoms. The van der Waals surface area contributed by atoms with Crippen LogP contribution in [0, 0.1) is 10.1 Å². The number of hydrogen-bond acceptors (Lipinski definition) is 6. The lowest BCUT2D eigenvalue weighted by Gasteiger charge is -2.11. The SMILES string of the molecule is O=[N+]([O-])c1cncc(Nc2ncc(Cl)c(-c3cccc(C4=CCCC=C4)c3)n2)c1. The van der Waals surface area contributed by atoms with Gasteiger partial charge in [-0.15, -0.1) is 0 Å². The zero-order chi connectivity index (χ0) is 20.2. The first-order valence-corrected chi connectivity index (χ1v) is 9.34. The van der Waals surface area contributed by atoms with Gasteiger partial charge in [0.15, 0.2) is 0 Å². The van der Waals surface area contributed by atoms with Crippen LogP contribution < -0.4 is 5.32 Å². The van der Waals surface area contributed by atoms with Crippen molar-refractivity contribution in [2.45, 2.75) is 12.8 Å². The van der Waals surface area contributed by atoms with Gasteiger partial charge < -0.3 is 5.32 Å². The van der Waals surface area contributed by atoms with Gasteiger partial charge in [-0.2, -0.15) is 0 Å². The van der Waals surface area contributed by atoms with E-state index in [1.54, 1.807) is 0 Å². The summed E-state index contributed by atoms with van der Waals surface area (Å²) in [6, 6.07) is 9.35. The van der Waals surface area contributed by atoms with E-state index in [1.165, 1.54) is 30.2 Å². The van der Waals surface area contributed by atoms with Crippen molar-refractivity contribution >= 4 is 34.5 Å². The molecule has 0 fully saturated rings. The molecule has 0 saturated carbocycles. The highest BCUT2D eigenvalue weighted by Crippen LogP contribution is 2.30. The molecule has 1 aliphatic carbocycles. The van der Waals surface area contributed by atoms with Crippen LogP contribution >= 0.6 is 11.6 Å².